The molecule has 0 aromatic carbocycles. The third-order valence-electron chi connectivity index (χ3n) is 2.08. The van der Waals surface area contributed by atoms with Crippen molar-refractivity contribution in [1.29, 1.82) is 0 Å². The fraction of sp³-hybridized carbons (Fsp3) is 0.733. The molecule has 0 saturated heterocycles. The standard InChI is InChI=1S/C9H16O4.C6H10O3/c1-4-5-8(10)6-9(11)13-12-7(2)3;1-2-3-5(7)4-6(8)9/h7H,4-6H2,1-3H3;2-4H2,1H3,(H,8,9). The van der Waals surface area contributed by atoms with Gasteiger partial charge in [-0.1, -0.05) is 13.8 Å². The molecule has 0 bridgehead atoms. The Morgan fingerprint density at radius 1 is 0.909 bits per heavy atom. The molecular formula is C15H26O7. The molecule has 0 amide bonds. The molecule has 0 rings (SSSR count). The van der Waals surface area contributed by atoms with Crippen molar-refractivity contribution >= 4 is 23.5 Å². The van der Waals surface area contributed by atoms with Crippen LogP contribution in [0.5, 0.6) is 0 Å². The second-order valence-corrected chi connectivity index (χ2v) is 4.92. The number of carbonyl (C=O) groups excluding carboxylic acids is 3. The minimum Gasteiger partial charge on any atom is -0.481 e. The Kier molecular flexibility index (Phi) is 14.5. The van der Waals surface area contributed by atoms with E-state index >= 15 is 0 Å². The van der Waals surface area contributed by atoms with Crippen LogP contribution in [0.25, 0.3) is 0 Å². The van der Waals surface area contributed by atoms with Crippen LogP contribution in [-0.4, -0.2) is 34.7 Å². The maximum Gasteiger partial charge on any atom is 0.349 e. The van der Waals surface area contributed by atoms with Crippen molar-refractivity contribution in [1.82, 2.24) is 0 Å². The molecule has 0 aliphatic carbocycles. The first kappa shape index (κ1) is 22.5. The van der Waals surface area contributed by atoms with Gasteiger partial charge >= 0.3 is 11.9 Å². The molecule has 0 radical (unpaired) electrons. The van der Waals surface area contributed by atoms with E-state index in [0.29, 0.717) is 12.8 Å². The van der Waals surface area contributed by atoms with E-state index in [0.717, 1.165) is 12.8 Å². The van der Waals surface area contributed by atoms with E-state index in [4.69, 9.17) is 5.11 Å². The molecule has 128 valence electrons. The van der Waals surface area contributed by atoms with Gasteiger partial charge in [-0.3, -0.25) is 19.3 Å². The number of hydrogen-bond acceptors (Lipinski definition) is 6. The average Bonchev–Trinajstić information content (AvgIpc) is 2.36. The van der Waals surface area contributed by atoms with Crippen molar-refractivity contribution in [2.75, 3.05) is 0 Å². The monoisotopic (exact) mass is 318 g/mol. The van der Waals surface area contributed by atoms with Gasteiger partial charge in [-0.05, 0) is 26.7 Å². The summed E-state index contributed by atoms with van der Waals surface area (Å²) < 4.78 is 0. The fourth-order valence-corrected chi connectivity index (χ4v) is 1.24. The summed E-state index contributed by atoms with van der Waals surface area (Å²) in [6.45, 7) is 7.20. The van der Waals surface area contributed by atoms with Crippen molar-refractivity contribution in [3.8, 4) is 0 Å². The smallest absolute Gasteiger partial charge is 0.349 e. The van der Waals surface area contributed by atoms with Crippen molar-refractivity contribution < 1.29 is 34.1 Å². The number of aliphatic carboxylic acids is 1. The van der Waals surface area contributed by atoms with Gasteiger partial charge in [-0.2, -0.15) is 4.89 Å². The number of carboxylic acid groups (broad SMARTS) is 1. The molecule has 0 fully saturated rings. The molecule has 0 saturated carbocycles. The zero-order valence-electron chi connectivity index (χ0n) is 13.7. The van der Waals surface area contributed by atoms with Crippen LogP contribution >= 0.6 is 0 Å². The number of carbonyl (C=O) groups is 4. The second kappa shape index (κ2) is 14.2. The molecule has 0 unspecified atom stereocenters. The minimum atomic E-state index is -1.03. The summed E-state index contributed by atoms with van der Waals surface area (Å²) in [6, 6.07) is 0. The van der Waals surface area contributed by atoms with E-state index in [2.05, 4.69) is 9.78 Å². The zero-order valence-corrected chi connectivity index (χ0v) is 13.7. The summed E-state index contributed by atoms with van der Waals surface area (Å²) in [5, 5.41) is 8.09. The second-order valence-electron chi connectivity index (χ2n) is 4.92. The lowest BCUT2D eigenvalue weighted by Crippen LogP contribution is -2.14. The summed E-state index contributed by atoms with van der Waals surface area (Å²) in [7, 11) is 0. The molecule has 7 nitrogen and oxygen atoms in total. The van der Waals surface area contributed by atoms with Crippen LogP contribution in [0.2, 0.25) is 0 Å². The largest absolute Gasteiger partial charge is 0.481 e. The van der Waals surface area contributed by atoms with Crippen molar-refractivity contribution in [3.63, 3.8) is 0 Å². The van der Waals surface area contributed by atoms with Gasteiger partial charge in [-0.15, -0.1) is 0 Å². The molecule has 7 heteroatoms. The normalized spacial score (nSPS) is 9.68. The topological polar surface area (TPSA) is 107 Å². The summed E-state index contributed by atoms with van der Waals surface area (Å²) in [5.74, 6) is -1.95. The van der Waals surface area contributed by atoms with E-state index in [9.17, 15) is 19.2 Å². The first-order valence-electron chi connectivity index (χ1n) is 7.34. The van der Waals surface area contributed by atoms with Crippen molar-refractivity contribution in [2.24, 2.45) is 0 Å². The highest BCUT2D eigenvalue weighted by molar-refractivity contribution is 5.95. The van der Waals surface area contributed by atoms with Gasteiger partial charge in [-0.25, -0.2) is 4.79 Å². The lowest BCUT2D eigenvalue weighted by Gasteiger charge is -2.04. The molecule has 0 aromatic heterocycles. The molecule has 0 aromatic rings. The minimum absolute atomic E-state index is 0.111. The lowest BCUT2D eigenvalue weighted by atomic mass is 10.2. The van der Waals surface area contributed by atoms with Gasteiger partial charge in [0.05, 0.1) is 6.10 Å². The van der Waals surface area contributed by atoms with Gasteiger partial charge in [0.2, 0.25) is 0 Å². The van der Waals surface area contributed by atoms with Gasteiger partial charge in [0.1, 0.15) is 24.4 Å². The third kappa shape index (κ3) is 18.2. The first-order valence-corrected chi connectivity index (χ1v) is 7.34. The van der Waals surface area contributed by atoms with E-state index in [1.54, 1.807) is 13.8 Å². The number of rotatable bonds is 10. The van der Waals surface area contributed by atoms with Gasteiger partial charge in [0.25, 0.3) is 0 Å². The number of ketones is 2. The van der Waals surface area contributed by atoms with Gasteiger partial charge in [0, 0.05) is 12.8 Å². The fourth-order valence-electron chi connectivity index (χ4n) is 1.24. The molecular weight excluding hydrogens is 292 g/mol. The Labute approximate surface area is 130 Å². The van der Waals surface area contributed by atoms with Crippen LogP contribution in [0.15, 0.2) is 0 Å². The molecule has 0 aliphatic rings. The van der Waals surface area contributed by atoms with Crippen molar-refractivity contribution in [2.45, 2.75) is 72.3 Å². The van der Waals surface area contributed by atoms with Crippen LogP contribution in [0, 0.1) is 0 Å². The maximum absolute atomic E-state index is 10.9. The van der Waals surface area contributed by atoms with Crippen LogP contribution in [0.3, 0.4) is 0 Å². The van der Waals surface area contributed by atoms with Crippen LogP contribution in [0.4, 0.5) is 0 Å². The molecule has 0 heterocycles. The highest BCUT2D eigenvalue weighted by atomic mass is 17.2. The van der Waals surface area contributed by atoms with E-state index in [1.165, 1.54) is 0 Å². The Morgan fingerprint density at radius 3 is 1.73 bits per heavy atom. The van der Waals surface area contributed by atoms with Gasteiger partial charge < -0.3 is 5.11 Å². The predicted molar refractivity (Wildman–Crippen MR) is 79.0 cm³/mol. The Morgan fingerprint density at radius 2 is 1.36 bits per heavy atom. The van der Waals surface area contributed by atoms with E-state index in [-0.39, 0.29) is 30.5 Å². The first-order chi connectivity index (χ1) is 10.2. The average molecular weight is 318 g/mol. The highest BCUT2D eigenvalue weighted by Gasteiger charge is 2.11. The van der Waals surface area contributed by atoms with Gasteiger partial charge in [0.15, 0.2) is 0 Å². The number of Topliss-reactive ketones (excluding diaryl/α,β-unsaturated/α-hetero) is 2. The lowest BCUT2D eigenvalue weighted by molar-refractivity contribution is -0.290. The Balaban J connectivity index is 0. The third-order valence-corrected chi connectivity index (χ3v) is 2.08. The van der Waals surface area contributed by atoms with E-state index in [1.807, 2.05) is 13.8 Å². The van der Waals surface area contributed by atoms with E-state index < -0.39 is 11.9 Å². The predicted octanol–water partition coefficient (Wildman–Crippen LogP) is 2.46. The quantitative estimate of drug-likeness (QED) is 0.374. The Hall–Kier alpha value is -1.76. The molecule has 0 atom stereocenters. The summed E-state index contributed by atoms with van der Waals surface area (Å²) in [6.07, 6.45) is 1.58. The number of carboxylic acids is 1. The summed E-state index contributed by atoms with van der Waals surface area (Å²) in [4.78, 5) is 51.1. The molecule has 0 aliphatic heterocycles. The zero-order chi connectivity index (χ0) is 17.5. The van der Waals surface area contributed by atoms with Crippen LogP contribution in [-0.2, 0) is 29.0 Å². The highest BCUT2D eigenvalue weighted by Crippen LogP contribution is 1.98. The summed E-state index contributed by atoms with van der Waals surface area (Å²) >= 11 is 0. The number of hydrogen-bond donors (Lipinski definition) is 1. The Bertz CT molecular complexity index is 361. The molecule has 1 N–H and O–H groups in total. The summed E-state index contributed by atoms with van der Waals surface area (Å²) in [5.41, 5.74) is 0. The van der Waals surface area contributed by atoms with Crippen molar-refractivity contribution in [3.05, 3.63) is 0 Å². The maximum atomic E-state index is 10.9. The SMILES string of the molecule is CCCC(=O)CC(=O)O.CCCC(=O)CC(=O)OOC(C)C. The molecule has 22 heavy (non-hydrogen) atoms. The molecule has 0 spiro atoms. The van der Waals surface area contributed by atoms with Crippen LogP contribution < -0.4 is 0 Å². The van der Waals surface area contributed by atoms with Crippen LogP contribution in [0.1, 0.15) is 66.2 Å².